The lowest BCUT2D eigenvalue weighted by atomic mass is 9.92. The molecule has 0 bridgehead atoms. The second-order valence-corrected chi connectivity index (χ2v) is 9.46. The molecule has 3 N–H and O–H groups in total. The number of alkyl halides is 7. The first kappa shape index (κ1) is 28.8. The Hall–Kier alpha value is -2.42. The lowest BCUT2D eigenvalue weighted by Crippen LogP contribution is -2.50. The van der Waals surface area contributed by atoms with Gasteiger partial charge in [0.25, 0.3) is 11.8 Å². The molecule has 2 aromatic rings. The van der Waals surface area contributed by atoms with Crippen molar-refractivity contribution in [1.82, 2.24) is 5.32 Å². The van der Waals surface area contributed by atoms with Crippen LogP contribution in [0.4, 0.5) is 36.4 Å². The number of halogens is 8. The van der Waals surface area contributed by atoms with Crippen LogP contribution in [0.25, 0.3) is 0 Å². The number of aliphatic hydroxyl groups is 1. The molecule has 5 nitrogen and oxygen atoms in total. The van der Waals surface area contributed by atoms with Crippen LogP contribution in [0.3, 0.4) is 0 Å². The standard InChI is InChI=1S/C22H20F7IN2O3/c1-11-9-12(20(23,21(24,25)26)22(27,28)29)7-8-15(11)31-17(34)13-5-4-6-14(30)16(13)18(35)32-19(2,3)10-33/h4-9,33H,10H2,1-3H3,(H,31,34)(H,32,35). The fourth-order valence-electron chi connectivity index (χ4n) is 3.05. The molecule has 0 unspecified atom stereocenters. The number of amides is 2. The first-order valence-electron chi connectivity index (χ1n) is 9.82. The van der Waals surface area contributed by atoms with Crippen molar-refractivity contribution in [2.45, 2.75) is 44.3 Å². The normalized spacial score (nSPS) is 12.9. The van der Waals surface area contributed by atoms with E-state index in [1.807, 2.05) is 0 Å². The van der Waals surface area contributed by atoms with E-state index in [0.717, 1.165) is 13.0 Å². The van der Waals surface area contributed by atoms with Gasteiger partial charge in [-0.2, -0.15) is 26.3 Å². The molecule has 2 aromatic carbocycles. The molecule has 192 valence electrons. The van der Waals surface area contributed by atoms with Crippen molar-refractivity contribution in [2.24, 2.45) is 0 Å². The highest BCUT2D eigenvalue weighted by atomic mass is 127. The van der Waals surface area contributed by atoms with Crippen LogP contribution in [-0.4, -0.2) is 41.4 Å². The third kappa shape index (κ3) is 5.88. The maximum atomic E-state index is 14.3. The average Bonchev–Trinajstić information content (AvgIpc) is 2.72. The Balaban J connectivity index is 2.44. The molecule has 0 fully saturated rings. The van der Waals surface area contributed by atoms with Crippen molar-refractivity contribution in [3.8, 4) is 0 Å². The first-order valence-corrected chi connectivity index (χ1v) is 10.9. The molecule has 0 heterocycles. The van der Waals surface area contributed by atoms with Crippen molar-refractivity contribution < 1.29 is 45.4 Å². The number of carbonyl (C=O) groups excluding carboxylic acids is 2. The van der Waals surface area contributed by atoms with Crippen LogP contribution in [0.5, 0.6) is 0 Å². The maximum Gasteiger partial charge on any atom is 0.435 e. The summed E-state index contributed by atoms with van der Waals surface area (Å²) in [6, 6.07) is 5.65. The van der Waals surface area contributed by atoms with Gasteiger partial charge in [-0.3, -0.25) is 9.59 Å². The minimum atomic E-state index is -6.27. The lowest BCUT2D eigenvalue weighted by molar-refractivity contribution is -0.348. The molecule has 2 amide bonds. The Labute approximate surface area is 209 Å². The zero-order valence-electron chi connectivity index (χ0n) is 18.5. The van der Waals surface area contributed by atoms with E-state index in [4.69, 9.17) is 0 Å². The van der Waals surface area contributed by atoms with Crippen LogP contribution in [0, 0.1) is 10.5 Å². The summed E-state index contributed by atoms with van der Waals surface area (Å²) in [4.78, 5) is 25.7. The average molecular weight is 620 g/mol. The molecule has 0 aliphatic rings. The summed E-state index contributed by atoms with van der Waals surface area (Å²) in [5.74, 6) is -1.58. The van der Waals surface area contributed by atoms with Gasteiger partial charge in [-0.15, -0.1) is 0 Å². The molecular formula is C22H20F7IN2O3. The summed E-state index contributed by atoms with van der Waals surface area (Å²) in [7, 11) is 0. The molecule has 0 saturated carbocycles. The van der Waals surface area contributed by atoms with E-state index in [1.54, 1.807) is 22.6 Å². The molecule has 0 saturated heterocycles. The monoisotopic (exact) mass is 620 g/mol. The molecule has 0 spiro atoms. The van der Waals surface area contributed by atoms with Gasteiger partial charge in [0.15, 0.2) is 0 Å². The topological polar surface area (TPSA) is 78.4 Å². The molecule has 2 rings (SSSR count). The number of aryl methyl sites for hydroxylation is 1. The molecule has 0 aromatic heterocycles. The van der Waals surface area contributed by atoms with Gasteiger partial charge in [0.1, 0.15) is 0 Å². The molecule has 13 heteroatoms. The molecular weight excluding hydrogens is 600 g/mol. The van der Waals surface area contributed by atoms with Gasteiger partial charge in [-0.05, 0) is 67.1 Å². The molecule has 0 aliphatic carbocycles. The van der Waals surface area contributed by atoms with Crippen LogP contribution < -0.4 is 10.6 Å². The molecule has 0 aliphatic heterocycles. The first-order chi connectivity index (χ1) is 15.9. The van der Waals surface area contributed by atoms with Crippen molar-refractivity contribution in [1.29, 1.82) is 0 Å². The number of hydrogen-bond acceptors (Lipinski definition) is 3. The number of hydrogen-bond donors (Lipinski definition) is 3. The minimum Gasteiger partial charge on any atom is -0.394 e. The van der Waals surface area contributed by atoms with Gasteiger partial charge >= 0.3 is 18.0 Å². The lowest BCUT2D eigenvalue weighted by Gasteiger charge is -2.30. The summed E-state index contributed by atoms with van der Waals surface area (Å²) in [5, 5.41) is 14.3. The number of carbonyl (C=O) groups is 2. The predicted molar refractivity (Wildman–Crippen MR) is 122 cm³/mol. The van der Waals surface area contributed by atoms with Gasteiger partial charge in [0.05, 0.1) is 23.3 Å². The maximum absolute atomic E-state index is 14.3. The minimum absolute atomic E-state index is 0.0571. The van der Waals surface area contributed by atoms with Gasteiger partial charge in [-0.25, -0.2) is 4.39 Å². The highest BCUT2D eigenvalue weighted by Gasteiger charge is 2.73. The zero-order valence-corrected chi connectivity index (χ0v) is 20.6. The van der Waals surface area contributed by atoms with E-state index in [9.17, 15) is 45.4 Å². The molecule has 35 heavy (non-hydrogen) atoms. The smallest absolute Gasteiger partial charge is 0.394 e. The van der Waals surface area contributed by atoms with E-state index < -0.39 is 47.5 Å². The van der Waals surface area contributed by atoms with Crippen LogP contribution in [0.15, 0.2) is 36.4 Å². The Bertz CT molecular complexity index is 1120. The Morgan fingerprint density at radius 1 is 0.943 bits per heavy atom. The van der Waals surface area contributed by atoms with E-state index in [-0.39, 0.29) is 28.4 Å². The summed E-state index contributed by atoms with van der Waals surface area (Å²) < 4.78 is 92.9. The predicted octanol–water partition coefficient (Wildman–Crippen LogP) is 5.64. The van der Waals surface area contributed by atoms with Crippen LogP contribution in [0.1, 0.15) is 45.7 Å². The third-order valence-corrected chi connectivity index (χ3v) is 5.89. The Morgan fingerprint density at radius 2 is 1.51 bits per heavy atom. The van der Waals surface area contributed by atoms with Crippen molar-refractivity contribution in [3.05, 3.63) is 62.2 Å². The largest absolute Gasteiger partial charge is 0.435 e. The number of aliphatic hydroxyl groups excluding tert-OH is 1. The zero-order chi connectivity index (χ0) is 27.0. The second kappa shape index (κ2) is 9.91. The number of rotatable bonds is 6. The van der Waals surface area contributed by atoms with Crippen LogP contribution in [-0.2, 0) is 5.67 Å². The summed E-state index contributed by atoms with van der Waals surface area (Å²) >= 11 is 1.81. The summed E-state index contributed by atoms with van der Waals surface area (Å²) in [5.41, 5.74) is -8.97. The SMILES string of the molecule is Cc1cc(C(F)(C(F)(F)F)C(F)(F)F)ccc1NC(=O)c1cccc(I)c1C(=O)NC(C)(C)CO. The van der Waals surface area contributed by atoms with Crippen LogP contribution in [0.2, 0.25) is 0 Å². The van der Waals surface area contributed by atoms with E-state index >= 15 is 0 Å². The van der Waals surface area contributed by atoms with Gasteiger partial charge in [-0.1, -0.05) is 18.2 Å². The Morgan fingerprint density at radius 3 is 2.00 bits per heavy atom. The van der Waals surface area contributed by atoms with Gasteiger partial charge < -0.3 is 15.7 Å². The van der Waals surface area contributed by atoms with E-state index in [2.05, 4.69) is 10.6 Å². The number of nitrogens with one attached hydrogen (secondary N) is 2. The highest BCUT2D eigenvalue weighted by Crippen LogP contribution is 2.53. The fourth-order valence-corrected chi connectivity index (χ4v) is 3.79. The molecule has 0 radical (unpaired) electrons. The fraction of sp³-hybridized carbons (Fsp3) is 0.364. The van der Waals surface area contributed by atoms with Crippen molar-refractivity contribution in [2.75, 3.05) is 11.9 Å². The Kier molecular flexibility index (Phi) is 8.16. The van der Waals surface area contributed by atoms with E-state index in [1.165, 1.54) is 32.0 Å². The number of anilines is 1. The van der Waals surface area contributed by atoms with Gasteiger partial charge in [0, 0.05) is 14.8 Å². The summed E-state index contributed by atoms with van der Waals surface area (Å²) in [6.07, 6.45) is -12.5. The third-order valence-electron chi connectivity index (χ3n) is 4.99. The quantitative estimate of drug-likeness (QED) is 0.289. The van der Waals surface area contributed by atoms with Crippen molar-refractivity contribution >= 4 is 40.1 Å². The second-order valence-electron chi connectivity index (χ2n) is 8.30. The number of benzene rings is 2. The van der Waals surface area contributed by atoms with Crippen LogP contribution >= 0.6 is 22.6 Å². The van der Waals surface area contributed by atoms with Crippen molar-refractivity contribution in [3.63, 3.8) is 0 Å². The summed E-state index contributed by atoms with van der Waals surface area (Å²) in [6.45, 7) is 3.77. The molecule has 0 atom stereocenters. The van der Waals surface area contributed by atoms with Gasteiger partial charge in [0.2, 0.25) is 0 Å². The highest BCUT2D eigenvalue weighted by molar-refractivity contribution is 14.1. The van der Waals surface area contributed by atoms with E-state index in [0.29, 0.717) is 9.64 Å².